The van der Waals surface area contributed by atoms with Gasteiger partial charge in [-0.1, -0.05) is 24.3 Å². The van der Waals surface area contributed by atoms with Gasteiger partial charge in [0.2, 0.25) is 0 Å². The molecule has 4 heteroatoms. The molecule has 1 aliphatic heterocycles. The van der Waals surface area contributed by atoms with Crippen LogP contribution in [0.4, 0.5) is 4.39 Å². The molecular weight excluding hydrogens is 269 g/mol. The minimum atomic E-state index is -0.555. The molecule has 0 bridgehead atoms. The van der Waals surface area contributed by atoms with E-state index in [1.807, 2.05) is 6.08 Å². The van der Waals surface area contributed by atoms with Crippen LogP contribution in [-0.4, -0.2) is 47.0 Å². The van der Waals surface area contributed by atoms with Gasteiger partial charge in [0.15, 0.2) is 0 Å². The van der Waals surface area contributed by atoms with Gasteiger partial charge in [0.1, 0.15) is 5.82 Å². The Labute approximate surface area is 124 Å². The molecule has 1 saturated carbocycles. The van der Waals surface area contributed by atoms with E-state index in [9.17, 15) is 14.6 Å². The fraction of sp³-hybridized carbons (Fsp3) is 0.529. The van der Waals surface area contributed by atoms with Gasteiger partial charge in [-0.05, 0) is 42.4 Å². The molecule has 0 amide bonds. The van der Waals surface area contributed by atoms with E-state index in [1.165, 1.54) is 12.1 Å². The highest BCUT2D eigenvalue weighted by molar-refractivity contribution is 5.48. The Balaban J connectivity index is 1.52. The Morgan fingerprint density at radius 1 is 1.05 bits per heavy atom. The normalized spacial score (nSPS) is 33.5. The number of fused-ring (bicyclic) bond motifs is 1. The summed E-state index contributed by atoms with van der Waals surface area (Å²) in [6.07, 6.45) is 4.42. The average molecular weight is 291 g/mol. The second kappa shape index (κ2) is 6.26. The van der Waals surface area contributed by atoms with Crippen molar-refractivity contribution >= 4 is 6.08 Å². The molecule has 1 aromatic rings. The zero-order valence-corrected chi connectivity index (χ0v) is 12.0. The third-order valence-electron chi connectivity index (χ3n) is 4.73. The zero-order chi connectivity index (χ0) is 14.8. The number of nitrogens with zero attached hydrogens (tertiary/aromatic N) is 1. The van der Waals surface area contributed by atoms with E-state index >= 15 is 0 Å². The topological polar surface area (TPSA) is 43.7 Å². The van der Waals surface area contributed by atoms with Crippen molar-refractivity contribution in [3.63, 3.8) is 0 Å². The first-order valence-electron chi connectivity index (χ1n) is 7.62. The maximum absolute atomic E-state index is 12.8. The van der Waals surface area contributed by atoms with Gasteiger partial charge < -0.3 is 10.2 Å². The first-order chi connectivity index (χ1) is 10.1. The van der Waals surface area contributed by atoms with Crippen molar-refractivity contribution in [2.75, 3.05) is 19.6 Å². The Morgan fingerprint density at radius 2 is 1.62 bits per heavy atom. The van der Waals surface area contributed by atoms with Gasteiger partial charge in [-0.25, -0.2) is 4.39 Å². The average Bonchev–Trinajstić information content (AvgIpc) is 2.83. The monoisotopic (exact) mass is 291 g/mol. The van der Waals surface area contributed by atoms with Crippen LogP contribution in [0.25, 0.3) is 6.08 Å². The molecule has 21 heavy (non-hydrogen) atoms. The number of aliphatic hydroxyl groups is 2. The number of benzene rings is 1. The second-order valence-electron chi connectivity index (χ2n) is 6.30. The Kier molecular flexibility index (Phi) is 4.38. The van der Waals surface area contributed by atoms with E-state index in [4.69, 9.17) is 0 Å². The predicted molar refractivity (Wildman–Crippen MR) is 80.1 cm³/mol. The van der Waals surface area contributed by atoms with Gasteiger partial charge in [0.05, 0.1) is 12.2 Å². The van der Waals surface area contributed by atoms with Crippen LogP contribution in [0, 0.1) is 17.7 Å². The van der Waals surface area contributed by atoms with E-state index in [1.54, 1.807) is 12.1 Å². The molecule has 3 rings (SSSR count). The summed E-state index contributed by atoms with van der Waals surface area (Å²) in [6.45, 7) is 2.83. The minimum Gasteiger partial charge on any atom is -0.390 e. The first-order valence-corrected chi connectivity index (χ1v) is 7.62. The van der Waals surface area contributed by atoms with Gasteiger partial charge in [-0.3, -0.25) is 4.90 Å². The molecule has 1 saturated heterocycles. The standard InChI is InChI=1S/C17H22FNO2/c18-15-5-3-12(4-6-15)2-1-7-19-10-13-8-16(20)17(21)9-14(13)11-19/h1-6,13-14,16-17,20-21H,7-11H2/b2-1+/t13-,14+,16+,17-. The fourth-order valence-corrected chi connectivity index (χ4v) is 3.57. The SMILES string of the molecule is O[C@@H]1C[C@H]2CN(C/C=C/c3ccc(F)cc3)C[C@H]2C[C@@H]1O. The highest BCUT2D eigenvalue weighted by atomic mass is 19.1. The van der Waals surface area contributed by atoms with E-state index in [0.29, 0.717) is 24.7 Å². The van der Waals surface area contributed by atoms with Crippen molar-refractivity contribution < 1.29 is 14.6 Å². The van der Waals surface area contributed by atoms with Crippen LogP contribution in [0.2, 0.25) is 0 Å². The molecule has 4 atom stereocenters. The molecule has 0 radical (unpaired) electrons. The third kappa shape index (κ3) is 3.51. The van der Waals surface area contributed by atoms with Gasteiger partial charge in [0.25, 0.3) is 0 Å². The summed E-state index contributed by atoms with van der Waals surface area (Å²) >= 11 is 0. The van der Waals surface area contributed by atoms with Crippen LogP contribution >= 0.6 is 0 Å². The van der Waals surface area contributed by atoms with Crippen LogP contribution in [-0.2, 0) is 0 Å². The van der Waals surface area contributed by atoms with E-state index in [2.05, 4.69) is 11.0 Å². The minimum absolute atomic E-state index is 0.215. The third-order valence-corrected chi connectivity index (χ3v) is 4.73. The number of rotatable bonds is 3. The first kappa shape index (κ1) is 14.7. The fourth-order valence-electron chi connectivity index (χ4n) is 3.57. The molecule has 114 valence electrons. The summed E-state index contributed by atoms with van der Waals surface area (Å²) in [5.41, 5.74) is 0.999. The predicted octanol–water partition coefficient (Wildman–Crippen LogP) is 1.90. The molecule has 2 N–H and O–H groups in total. The van der Waals surface area contributed by atoms with Crippen molar-refractivity contribution in [3.05, 3.63) is 41.7 Å². The lowest BCUT2D eigenvalue weighted by molar-refractivity contribution is -0.0372. The number of hydrogen-bond acceptors (Lipinski definition) is 3. The lowest BCUT2D eigenvalue weighted by Crippen LogP contribution is -2.38. The molecule has 2 fully saturated rings. The van der Waals surface area contributed by atoms with Gasteiger partial charge in [0, 0.05) is 19.6 Å². The Bertz CT molecular complexity index is 484. The molecule has 1 heterocycles. The van der Waals surface area contributed by atoms with Crippen LogP contribution < -0.4 is 0 Å². The maximum atomic E-state index is 12.8. The van der Waals surface area contributed by atoms with Crippen molar-refractivity contribution in [2.24, 2.45) is 11.8 Å². The van der Waals surface area contributed by atoms with Gasteiger partial charge in [-0.2, -0.15) is 0 Å². The van der Waals surface area contributed by atoms with Gasteiger partial charge >= 0.3 is 0 Å². The summed E-state index contributed by atoms with van der Waals surface area (Å²) in [7, 11) is 0. The highest BCUT2D eigenvalue weighted by Gasteiger charge is 2.40. The Hall–Kier alpha value is -1.23. The summed E-state index contributed by atoms with van der Waals surface area (Å²) in [6, 6.07) is 6.46. The smallest absolute Gasteiger partial charge is 0.123 e. The summed E-state index contributed by atoms with van der Waals surface area (Å²) in [4.78, 5) is 2.36. The molecule has 2 aliphatic rings. The molecule has 1 aliphatic carbocycles. The summed E-state index contributed by atoms with van der Waals surface area (Å²) < 4.78 is 12.8. The number of aliphatic hydroxyl groups excluding tert-OH is 2. The highest BCUT2D eigenvalue weighted by Crippen LogP contribution is 2.36. The lowest BCUT2D eigenvalue weighted by atomic mass is 9.79. The second-order valence-corrected chi connectivity index (χ2v) is 6.30. The van der Waals surface area contributed by atoms with Crippen LogP contribution in [0.15, 0.2) is 30.3 Å². The summed E-state index contributed by atoms with van der Waals surface area (Å²) in [5.74, 6) is 0.790. The van der Waals surface area contributed by atoms with Crippen molar-refractivity contribution in [2.45, 2.75) is 25.0 Å². The van der Waals surface area contributed by atoms with E-state index in [-0.39, 0.29) is 5.82 Å². The molecule has 0 unspecified atom stereocenters. The largest absolute Gasteiger partial charge is 0.390 e. The number of hydrogen-bond donors (Lipinski definition) is 2. The van der Waals surface area contributed by atoms with Crippen molar-refractivity contribution in [1.29, 1.82) is 0 Å². The Morgan fingerprint density at radius 3 is 2.19 bits per heavy atom. The maximum Gasteiger partial charge on any atom is 0.123 e. The van der Waals surface area contributed by atoms with E-state index < -0.39 is 12.2 Å². The molecule has 3 nitrogen and oxygen atoms in total. The zero-order valence-electron chi connectivity index (χ0n) is 12.0. The van der Waals surface area contributed by atoms with Gasteiger partial charge in [-0.15, -0.1) is 0 Å². The van der Waals surface area contributed by atoms with Crippen LogP contribution in [0.5, 0.6) is 0 Å². The number of halogens is 1. The van der Waals surface area contributed by atoms with Crippen molar-refractivity contribution in [1.82, 2.24) is 4.90 Å². The summed E-state index contributed by atoms with van der Waals surface area (Å²) in [5, 5.41) is 19.5. The molecule has 0 aromatic heterocycles. The van der Waals surface area contributed by atoms with Crippen LogP contribution in [0.3, 0.4) is 0 Å². The quantitative estimate of drug-likeness (QED) is 0.894. The molecular formula is C17H22FNO2. The molecule has 0 spiro atoms. The molecule has 1 aromatic carbocycles. The van der Waals surface area contributed by atoms with Crippen molar-refractivity contribution in [3.8, 4) is 0 Å². The lowest BCUT2D eigenvalue weighted by Gasteiger charge is -2.32. The van der Waals surface area contributed by atoms with E-state index in [0.717, 1.165) is 25.2 Å². The number of likely N-dealkylation sites (tertiary alicyclic amines) is 1. The van der Waals surface area contributed by atoms with Crippen LogP contribution in [0.1, 0.15) is 18.4 Å².